The Kier molecular flexibility index (Phi) is 6.39. The highest BCUT2D eigenvalue weighted by atomic mass is 16.5. The van der Waals surface area contributed by atoms with Gasteiger partial charge in [0.05, 0.1) is 25.3 Å². The number of anilines is 1. The lowest BCUT2D eigenvalue weighted by atomic mass is 10.0. The number of esters is 1. The molecule has 0 unspecified atom stereocenters. The zero-order chi connectivity index (χ0) is 20.8. The standard InChI is InChI=1S/C22H21NO6/c1-2-28-22(27)11-9-18(24)16-8-10-20-17(12-16)23(21(26)14-29-20)13-19(25)15-6-4-3-5-7-15/h3-8,10,12H,2,9,11,13-14H2,1H3. The zero-order valence-electron chi connectivity index (χ0n) is 16.1. The van der Waals surface area contributed by atoms with Crippen LogP contribution in [0.15, 0.2) is 48.5 Å². The summed E-state index contributed by atoms with van der Waals surface area (Å²) in [5, 5.41) is 0. The molecule has 0 aromatic heterocycles. The monoisotopic (exact) mass is 395 g/mol. The minimum absolute atomic E-state index is 0.00459. The fraction of sp³-hybridized carbons (Fsp3) is 0.273. The Morgan fingerprint density at radius 2 is 1.76 bits per heavy atom. The lowest BCUT2D eigenvalue weighted by Crippen LogP contribution is -2.42. The summed E-state index contributed by atoms with van der Waals surface area (Å²) in [6.45, 7) is 1.63. The number of Topliss-reactive ketones (excluding diaryl/α,β-unsaturated/α-hetero) is 2. The number of ether oxygens (including phenoxy) is 2. The Morgan fingerprint density at radius 1 is 1.00 bits per heavy atom. The summed E-state index contributed by atoms with van der Waals surface area (Å²) >= 11 is 0. The summed E-state index contributed by atoms with van der Waals surface area (Å²) < 4.78 is 10.3. The molecule has 0 fully saturated rings. The van der Waals surface area contributed by atoms with E-state index in [1.807, 2.05) is 0 Å². The normalized spacial score (nSPS) is 12.7. The van der Waals surface area contributed by atoms with Crippen LogP contribution in [-0.4, -0.2) is 43.2 Å². The Labute approximate surface area is 168 Å². The SMILES string of the molecule is CCOC(=O)CCC(=O)c1ccc2c(c1)N(CC(=O)c1ccccc1)C(=O)CO2. The van der Waals surface area contributed by atoms with Crippen LogP contribution in [-0.2, 0) is 14.3 Å². The molecule has 1 heterocycles. The number of ketones is 2. The van der Waals surface area contributed by atoms with Crippen molar-refractivity contribution in [2.75, 3.05) is 24.7 Å². The Bertz CT molecular complexity index is 938. The van der Waals surface area contributed by atoms with Crippen LogP contribution in [0.2, 0.25) is 0 Å². The summed E-state index contributed by atoms with van der Waals surface area (Å²) in [5.41, 5.74) is 1.20. The van der Waals surface area contributed by atoms with E-state index in [-0.39, 0.29) is 50.1 Å². The molecule has 1 aliphatic heterocycles. The van der Waals surface area contributed by atoms with Crippen molar-refractivity contribution in [2.45, 2.75) is 19.8 Å². The number of hydrogen-bond donors (Lipinski definition) is 0. The van der Waals surface area contributed by atoms with Crippen LogP contribution in [0.5, 0.6) is 5.75 Å². The third-order valence-corrected chi connectivity index (χ3v) is 4.48. The van der Waals surface area contributed by atoms with Gasteiger partial charge in [0.25, 0.3) is 5.91 Å². The van der Waals surface area contributed by atoms with Gasteiger partial charge in [-0.3, -0.25) is 24.1 Å². The van der Waals surface area contributed by atoms with Crippen molar-refractivity contribution in [3.8, 4) is 5.75 Å². The molecule has 0 aliphatic carbocycles. The number of hydrogen-bond acceptors (Lipinski definition) is 6. The number of nitrogens with zero attached hydrogens (tertiary/aromatic N) is 1. The average Bonchev–Trinajstić information content (AvgIpc) is 2.74. The zero-order valence-corrected chi connectivity index (χ0v) is 16.1. The van der Waals surface area contributed by atoms with Crippen molar-refractivity contribution in [1.82, 2.24) is 0 Å². The molecule has 1 amide bonds. The van der Waals surface area contributed by atoms with Gasteiger partial charge in [-0.15, -0.1) is 0 Å². The largest absolute Gasteiger partial charge is 0.482 e. The van der Waals surface area contributed by atoms with E-state index < -0.39 is 5.97 Å². The highest BCUT2D eigenvalue weighted by Gasteiger charge is 2.28. The Balaban J connectivity index is 1.79. The molecule has 1 aliphatic rings. The number of benzene rings is 2. The summed E-state index contributed by atoms with van der Waals surface area (Å²) in [5.74, 6) is -0.850. The van der Waals surface area contributed by atoms with Gasteiger partial charge >= 0.3 is 5.97 Å². The predicted octanol–water partition coefficient (Wildman–Crippen LogP) is 2.82. The first-order valence-corrected chi connectivity index (χ1v) is 9.34. The van der Waals surface area contributed by atoms with Gasteiger partial charge in [0.15, 0.2) is 18.2 Å². The molecule has 7 nitrogen and oxygen atoms in total. The predicted molar refractivity (Wildman–Crippen MR) is 105 cm³/mol. The van der Waals surface area contributed by atoms with E-state index >= 15 is 0 Å². The van der Waals surface area contributed by atoms with Crippen molar-refractivity contribution in [3.63, 3.8) is 0 Å². The first kappa shape index (κ1) is 20.3. The second-order valence-electron chi connectivity index (χ2n) is 6.47. The summed E-state index contributed by atoms with van der Waals surface area (Å²) in [6, 6.07) is 13.4. The number of carbonyl (C=O) groups is 4. The van der Waals surface area contributed by atoms with Crippen molar-refractivity contribution >= 4 is 29.1 Å². The lowest BCUT2D eigenvalue weighted by molar-refractivity contribution is -0.143. The van der Waals surface area contributed by atoms with Gasteiger partial charge in [-0.25, -0.2) is 0 Å². The second kappa shape index (κ2) is 9.14. The van der Waals surface area contributed by atoms with Crippen LogP contribution in [0.1, 0.15) is 40.5 Å². The molecule has 0 N–H and O–H groups in total. The highest BCUT2D eigenvalue weighted by molar-refractivity contribution is 6.08. The van der Waals surface area contributed by atoms with Crippen LogP contribution >= 0.6 is 0 Å². The molecule has 0 spiro atoms. The topological polar surface area (TPSA) is 90.0 Å². The number of rotatable bonds is 8. The van der Waals surface area contributed by atoms with Crippen molar-refractivity contribution in [3.05, 3.63) is 59.7 Å². The molecule has 2 aromatic rings. The molecule has 150 valence electrons. The van der Waals surface area contributed by atoms with Crippen LogP contribution in [0, 0.1) is 0 Å². The summed E-state index contributed by atoms with van der Waals surface area (Å²) in [7, 11) is 0. The molecule has 3 rings (SSSR count). The quantitative estimate of drug-likeness (QED) is 0.504. The molecular weight excluding hydrogens is 374 g/mol. The van der Waals surface area contributed by atoms with E-state index in [2.05, 4.69) is 0 Å². The molecule has 0 atom stereocenters. The maximum absolute atomic E-state index is 12.6. The Hall–Kier alpha value is -3.48. The molecule has 7 heteroatoms. The molecule has 29 heavy (non-hydrogen) atoms. The molecular formula is C22H21NO6. The number of amides is 1. The minimum Gasteiger partial charge on any atom is -0.482 e. The first-order valence-electron chi connectivity index (χ1n) is 9.34. The van der Waals surface area contributed by atoms with Crippen molar-refractivity contribution in [1.29, 1.82) is 0 Å². The van der Waals surface area contributed by atoms with Crippen LogP contribution < -0.4 is 9.64 Å². The van der Waals surface area contributed by atoms with Crippen molar-refractivity contribution in [2.24, 2.45) is 0 Å². The maximum atomic E-state index is 12.6. The lowest BCUT2D eigenvalue weighted by Gasteiger charge is -2.29. The molecule has 0 radical (unpaired) electrons. The van der Waals surface area contributed by atoms with E-state index in [9.17, 15) is 19.2 Å². The summed E-state index contributed by atoms with van der Waals surface area (Å²) in [6.07, 6.45) is -0.0231. The third kappa shape index (κ3) is 4.87. The van der Waals surface area contributed by atoms with Crippen LogP contribution in [0.4, 0.5) is 5.69 Å². The van der Waals surface area contributed by atoms with E-state index in [1.54, 1.807) is 49.4 Å². The van der Waals surface area contributed by atoms with Gasteiger partial charge in [-0.1, -0.05) is 30.3 Å². The number of carbonyl (C=O) groups excluding carboxylic acids is 4. The highest BCUT2D eigenvalue weighted by Crippen LogP contribution is 2.33. The number of fused-ring (bicyclic) bond motifs is 1. The van der Waals surface area contributed by atoms with Gasteiger partial charge in [0.1, 0.15) is 5.75 Å². The minimum atomic E-state index is -0.438. The van der Waals surface area contributed by atoms with Crippen molar-refractivity contribution < 1.29 is 28.7 Å². The van der Waals surface area contributed by atoms with E-state index in [0.29, 0.717) is 22.6 Å². The average molecular weight is 395 g/mol. The molecule has 0 saturated carbocycles. The molecule has 0 bridgehead atoms. The van der Waals surface area contributed by atoms with Gasteiger partial charge in [0, 0.05) is 17.5 Å². The van der Waals surface area contributed by atoms with Gasteiger partial charge in [-0.2, -0.15) is 0 Å². The first-order chi connectivity index (χ1) is 14.0. The van der Waals surface area contributed by atoms with Gasteiger partial charge < -0.3 is 9.47 Å². The van der Waals surface area contributed by atoms with Crippen LogP contribution in [0.25, 0.3) is 0 Å². The second-order valence-corrected chi connectivity index (χ2v) is 6.47. The fourth-order valence-corrected chi connectivity index (χ4v) is 3.00. The molecule has 0 saturated heterocycles. The summed E-state index contributed by atoms with van der Waals surface area (Å²) in [4.78, 5) is 50.2. The third-order valence-electron chi connectivity index (χ3n) is 4.48. The maximum Gasteiger partial charge on any atom is 0.306 e. The fourth-order valence-electron chi connectivity index (χ4n) is 3.00. The van der Waals surface area contributed by atoms with E-state index in [4.69, 9.17) is 9.47 Å². The molecule has 2 aromatic carbocycles. The smallest absolute Gasteiger partial charge is 0.306 e. The van der Waals surface area contributed by atoms with Gasteiger partial charge in [0.2, 0.25) is 0 Å². The van der Waals surface area contributed by atoms with Crippen LogP contribution in [0.3, 0.4) is 0 Å². The van der Waals surface area contributed by atoms with Gasteiger partial charge in [-0.05, 0) is 25.1 Å². The Morgan fingerprint density at radius 3 is 2.48 bits per heavy atom. The van der Waals surface area contributed by atoms with E-state index in [1.165, 1.54) is 11.0 Å². The van der Waals surface area contributed by atoms with E-state index in [0.717, 1.165) is 0 Å².